The monoisotopic (exact) mass is 217 g/mol. The topological polar surface area (TPSA) is 36.9 Å². The molecule has 0 aromatic rings. The molecule has 4 nitrogen and oxygen atoms in total. The second kappa shape index (κ2) is 8.71. The van der Waals surface area contributed by atoms with Crippen molar-refractivity contribution in [1.29, 1.82) is 0 Å². The van der Waals surface area contributed by atoms with Gasteiger partial charge in [-0.1, -0.05) is 6.58 Å². The smallest absolute Gasteiger partial charge is 0.203 e. The van der Waals surface area contributed by atoms with Gasteiger partial charge in [0.05, 0.1) is 32.7 Å². The first-order valence-electron chi connectivity index (χ1n) is 5.00. The van der Waals surface area contributed by atoms with Crippen LogP contribution in [0.25, 0.3) is 0 Å². The summed E-state index contributed by atoms with van der Waals surface area (Å²) in [5.41, 5.74) is 0. The maximum Gasteiger partial charge on any atom is 0.203 e. The van der Waals surface area contributed by atoms with E-state index in [9.17, 15) is 0 Å². The normalized spacial score (nSPS) is 11.4. The van der Waals surface area contributed by atoms with Gasteiger partial charge in [-0.3, -0.25) is 0 Å². The van der Waals surface area contributed by atoms with E-state index < -0.39 is 5.79 Å². The number of hydrogen-bond donors (Lipinski definition) is 0. The molecule has 0 aliphatic carbocycles. The quantitative estimate of drug-likeness (QED) is 0.317. The molecule has 0 amide bonds. The molecule has 89 valence electrons. The first-order chi connectivity index (χ1) is 7.12. The molecule has 0 spiro atoms. The fourth-order valence-electron chi connectivity index (χ4n) is 0.903. The van der Waals surface area contributed by atoms with Crippen molar-refractivity contribution in [1.82, 2.24) is 0 Å². The molecule has 0 aliphatic heterocycles. The molecule has 1 radical (unpaired) electrons. The van der Waals surface area contributed by atoms with Gasteiger partial charge in [0.1, 0.15) is 0 Å². The van der Waals surface area contributed by atoms with Gasteiger partial charge < -0.3 is 18.9 Å². The highest BCUT2D eigenvalue weighted by Crippen LogP contribution is 2.10. The Morgan fingerprint density at radius 1 is 1.07 bits per heavy atom. The first-order valence-corrected chi connectivity index (χ1v) is 5.00. The highest BCUT2D eigenvalue weighted by molar-refractivity contribution is 4.60. The molecule has 4 heteroatoms. The third-order valence-electron chi connectivity index (χ3n) is 1.56. The van der Waals surface area contributed by atoms with Crippen molar-refractivity contribution in [3.8, 4) is 0 Å². The molecule has 0 aromatic carbocycles. The van der Waals surface area contributed by atoms with E-state index in [4.69, 9.17) is 18.9 Å². The average Bonchev–Trinajstić information content (AvgIpc) is 2.16. The Hall–Kier alpha value is -0.580. The van der Waals surface area contributed by atoms with Crippen LogP contribution in [0.15, 0.2) is 12.8 Å². The Labute approximate surface area is 92.2 Å². The zero-order chi connectivity index (χ0) is 11.6. The second-order valence-electron chi connectivity index (χ2n) is 3.26. The predicted molar refractivity (Wildman–Crippen MR) is 58.3 cm³/mol. The van der Waals surface area contributed by atoms with Crippen LogP contribution in [0.4, 0.5) is 0 Å². The van der Waals surface area contributed by atoms with Crippen molar-refractivity contribution >= 4 is 0 Å². The van der Waals surface area contributed by atoms with Crippen LogP contribution in [-0.4, -0.2) is 38.8 Å². The highest BCUT2D eigenvalue weighted by atomic mass is 16.7. The maximum absolute atomic E-state index is 5.40. The van der Waals surface area contributed by atoms with Crippen molar-refractivity contribution in [2.24, 2.45) is 0 Å². The fraction of sp³-hybridized carbons (Fsp3) is 0.727. The average molecular weight is 217 g/mol. The van der Waals surface area contributed by atoms with E-state index in [-0.39, 0.29) is 0 Å². The van der Waals surface area contributed by atoms with E-state index >= 15 is 0 Å². The van der Waals surface area contributed by atoms with Crippen LogP contribution in [0, 0.1) is 6.92 Å². The van der Waals surface area contributed by atoms with Gasteiger partial charge in [-0.05, 0) is 6.92 Å². The molecule has 0 bridgehead atoms. The largest absolute Gasteiger partial charge is 0.471 e. The van der Waals surface area contributed by atoms with E-state index in [0.717, 1.165) is 0 Å². The molecule has 15 heavy (non-hydrogen) atoms. The lowest BCUT2D eigenvalue weighted by Crippen LogP contribution is -2.28. The number of hydrogen-bond acceptors (Lipinski definition) is 4. The molecular formula is C11H21O4. The van der Waals surface area contributed by atoms with E-state index in [0.29, 0.717) is 33.0 Å². The molecule has 0 aromatic heterocycles. The highest BCUT2D eigenvalue weighted by Gasteiger charge is 2.17. The SMILES string of the molecule is [CH2]COCCOCCOC(C)(C)OC=C. The number of rotatable bonds is 10. The molecule has 0 atom stereocenters. The minimum atomic E-state index is -0.644. The lowest BCUT2D eigenvalue weighted by molar-refractivity contribution is -0.188. The van der Waals surface area contributed by atoms with E-state index in [2.05, 4.69) is 13.5 Å². The molecule has 0 rings (SSSR count). The van der Waals surface area contributed by atoms with Crippen LogP contribution < -0.4 is 0 Å². The van der Waals surface area contributed by atoms with Crippen LogP contribution in [0.5, 0.6) is 0 Å². The second-order valence-corrected chi connectivity index (χ2v) is 3.26. The van der Waals surface area contributed by atoms with Gasteiger partial charge >= 0.3 is 0 Å². The summed E-state index contributed by atoms with van der Waals surface area (Å²) in [6, 6.07) is 0. The van der Waals surface area contributed by atoms with Crippen LogP contribution in [0.1, 0.15) is 13.8 Å². The van der Waals surface area contributed by atoms with Crippen LogP contribution in [0.3, 0.4) is 0 Å². The zero-order valence-electron chi connectivity index (χ0n) is 9.66. The van der Waals surface area contributed by atoms with Gasteiger partial charge in [-0.25, -0.2) is 0 Å². The van der Waals surface area contributed by atoms with Gasteiger partial charge in [-0.2, -0.15) is 0 Å². The van der Waals surface area contributed by atoms with E-state index in [1.807, 2.05) is 13.8 Å². The molecule has 0 aliphatic rings. The van der Waals surface area contributed by atoms with Crippen LogP contribution in [0.2, 0.25) is 0 Å². The van der Waals surface area contributed by atoms with Crippen molar-refractivity contribution in [2.45, 2.75) is 19.6 Å². The molecular weight excluding hydrogens is 196 g/mol. The van der Waals surface area contributed by atoms with Gasteiger partial charge in [0.2, 0.25) is 5.79 Å². The Morgan fingerprint density at radius 2 is 1.67 bits per heavy atom. The standard InChI is InChI=1S/C11H21O4/c1-5-12-7-8-13-9-10-15-11(3,4)14-6-2/h6H,1-2,5,7-10H2,3-4H3. The summed E-state index contributed by atoms with van der Waals surface area (Å²) in [6.45, 7) is 13.2. The van der Waals surface area contributed by atoms with Gasteiger partial charge in [0.15, 0.2) is 0 Å². The lowest BCUT2D eigenvalue weighted by atomic mass is 10.4. The minimum absolute atomic E-state index is 0.472. The zero-order valence-corrected chi connectivity index (χ0v) is 9.66. The third kappa shape index (κ3) is 9.72. The van der Waals surface area contributed by atoms with Crippen molar-refractivity contribution in [3.63, 3.8) is 0 Å². The summed E-state index contributed by atoms with van der Waals surface area (Å²) >= 11 is 0. The summed E-state index contributed by atoms with van der Waals surface area (Å²) in [5, 5.41) is 0. The third-order valence-corrected chi connectivity index (χ3v) is 1.56. The van der Waals surface area contributed by atoms with E-state index in [1.54, 1.807) is 0 Å². The summed E-state index contributed by atoms with van der Waals surface area (Å²) in [7, 11) is 0. The molecule has 0 N–H and O–H groups in total. The van der Waals surface area contributed by atoms with Gasteiger partial charge in [0, 0.05) is 20.5 Å². The Kier molecular flexibility index (Phi) is 8.37. The Bertz CT molecular complexity index is 157. The minimum Gasteiger partial charge on any atom is -0.471 e. The van der Waals surface area contributed by atoms with Crippen LogP contribution >= 0.6 is 0 Å². The summed E-state index contributed by atoms with van der Waals surface area (Å²) in [4.78, 5) is 0. The van der Waals surface area contributed by atoms with E-state index in [1.165, 1.54) is 6.26 Å². The summed E-state index contributed by atoms with van der Waals surface area (Å²) < 4.78 is 20.8. The molecule has 0 saturated carbocycles. The van der Waals surface area contributed by atoms with Crippen LogP contribution in [-0.2, 0) is 18.9 Å². The summed E-state index contributed by atoms with van der Waals surface area (Å²) in [5.74, 6) is -0.644. The predicted octanol–water partition coefficient (Wildman–Crippen LogP) is 1.77. The van der Waals surface area contributed by atoms with Gasteiger partial charge in [0.25, 0.3) is 0 Å². The molecule has 0 heterocycles. The lowest BCUT2D eigenvalue weighted by Gasteiger charge is -2.24. The van der Waals surface area contributed by atoms with Crippen molar-refractivity contribution in [3.05, 3.63) is 19.8 Å². The fourth-order valence-corrected chi connectivity index (χ4v) is 0.903. The van der Waals surface area contributed by atoms with Crippen molar-refractivity contribution in [2.75, 3.05) is 33.0 Å². The maximum atomic E-state index is 5.40. The van der Waals surface area contributed by atoms with Gasteiger partial charge in [-0.15, -0.1) is 0 Å². The first kappa shape index (κ1) is 14.4. The molecule has 0 fully saturated rings. The number of ether oxygens (including phenoxy) is 4. The molecule has 0 unspecified atom stereocenters. The summed E-state index contributed by atoms with van der Waals surface area (Å²) in [6.07, 6.45) is 1.36. The Morgan fingerprint density at radius 3 is 2.27 bits per heavy atom. The Balaban J connectivity index is 3.26. The molecule has 0 saturated heterocycles. The van der Waals surface area contributed by atoms with Crippen molar-refractivity contribution < 1.29 is 18.9 Å².